The van der Waals surface area contributed by atoms with Crippen LogP contribution in [0.5, 0.6) is 0 Å². The fourth-order valence-electron chi connectivity index (χ4n) is 4.05. The van der Waals surface area contributed by atoms with Crippen molar-refractivity contribution in [2.45, 2.75) is 32.0 Å². The fourth-order valence-corrected chi connectivity index (χ4v) is 4.05. The highest BCUT2D eigenvalue weighted by Gasteiger charge is 2.33. The lowest BCUT2D eigenvalue weighted by atomic mass is 10.0. The zero-order chi connectivity index (χ0) is 22.0. The van der Waals surface area contributed by atoms with Crippen LogP contribution >= 0.6 is 0 Å². The van der Waals surface area contributed by atoms with Gasteiger partial charge >= 0.3 is 0 Å². The van der Waals surface area contributed by atoms with Gasteiger partial charge in [-0.25, -0.2) is 8.78 Å². The summed E-state index contributed by atoms with van der Waals surface area (Å²) in [6.07, 6.45) is 5.41. The van der Waals surface area contributed by atoms with Crippen LogP contribution in [0.4, 0.5) is 8.78 Å². The molecular formula is C22H22F2N6O. The SMILES string of the molecule is CC1(F)CCN(CCn2nc(Cc3cnccc3C(=O)NC#N)c3cc(F)ccc32)C1. The van der Waals surface area contributed by atoms with Gasteiger partial charge in [-0.05, 0) is 43.2 Å². The van der Waals surface area contributed by atoms with Crippen LogP contribution in [-0.4, -0.2) is 50.9 Å². The molecule has 3 heterocycles. The van der Waals surface area contributed by atoms with E-state index in [4.69, 9.17) is 5.26 Å². The lowest BCUT2D eigenvalue weighted by Gasteiger charge is -2.17. The Kier molecular flexibility index (Phi) is 5.65. The number of benzene rings is 1. The third-order valence-electron chi connectivity index (χ3n) is 5.60. The summed E-state index contributed by atoms with van der Waals surface area (Å²) in [5, 5.41) is 16.2. The summed E-state index contributed by atoms with van der Waals surface area (Å²) in [6.45, 7) is 3.87. The van der Waals surface area contributed by atoms with Crippen LogP contribution in [0.1, 0.15) is 35.0 Å². The molecule has 1 aliphatic rings. The first kappa shape index (κ1) is 20.9. The van der Waals surface area contributed by atoms with Gasteiger partial charge in [0.05, 0.1) is 17.8 Å². The molecule has 1 saturated heterocycles. The number of hydrogen-bond acceptors (Lipinski definition) is 5. The van der Waals surface area contributed by atoms with E-state index in [1.807, 2.05) is 0 Å². The Morgan fingerprint density at radius 3 is 2.94 bits per heavy atom. The summed E-state index contributed by atoms with van der Waals surface area (Å²) in [4.78, 5) is 18.3. The van der Waals surface area contributed by atoms with Gasteiger partial charge in [0.2, 0.25) is 0 Å². The molecular weight excluding hydrogens is 402 g/mol. The topological polar surface area (TPSA) is 86.8 Å². The van der Waals surface area contributed by atoms with Gasteiger partial charge < -0.3 is 0 Å². The van der Waals surface area contributed by atoms with Crippen molar-refractivity contribution in [1.82, 2.24) is 25.0 Å². The van der Waals surface area contributed by atoms with Crippen LogP contribution in [0, 0.1) is 17.3 Å². The predicted octanol–water partition coefficient (Wildman–Crippen LogP) is 2.81. The van der Waals surface area contributed by atoms with Gasteiger partial charge in [-0.15, -0.1) is 0 Å². The molecule has 2 aromatic heterocycles. The van der Waals surface area contributed by atoms with Crippen molar-refractivity contribution in [2.75, 3.05) is 19.6 Å². The zero-order valence-electron chi connectivity index (χ0n) is 17.1. The number of likely N-dealkylation sites (tertiary alicyclic amines) is 1. The smallest absolute Gasteiger partial charge is 0.264 e. The van der Waals surface area contributed by atoms with E-state index in [1.54, 1.807) is 30.1 Å². The molecule has 31 heavy (non-hydrogen) atoms. The number of pyridine rings is 1. The second-order valence-electron chi connectivity index (χ2n) is 8.05. The van der Waals surface area contributed by atoms with Crippen molar-refractivity contribution in [2.24, 2.45) is 0 Å². The van der Waals surface area contributed by atoms with E-state index in [0.29, 0.717) is 54.8 Å². The standard InChI is InChI=1S/C22H22F2N6O/c1-22(24)5-7-29(13-22)8-9-30-20-3-2-16(23)11-18(20)19(28-30)10-15-12-26-6-4-17(15)21(31)27-14-25/h2-4,6,11-12H,5,7-10,13H2,1H3,(H,27,31). The Bertz CT molecular complexity index is 1170. The lowest BCUT2D eigenvalue weighted by molar-refractivity contribution is 0.0972. The van der Waals surface area contributed by atoms with Crippen molar-refractivity contribution in [1.29, 1.82) is 5.26 Å². The van der Waals surface area contributed by atoms with Crippen molar-refractivity contribution in [3.63, 3.8) is 0 Å². The van der Waals surface area contributed by atoms with Crippen molar-refractivity contribution in [3.05, 3.63) is 59.3 Å². The molecule has 0 spiro atoms. The van der Waals surface area contributed by atoms with E-state index in [9.17, 15) is 13.6 Å². The summed E-state index contributed by atoms with van der Waals surface area (Å²) in [6, 6.07) is 6.02. The zero-order valence-corrected chi connectivity index (χ0v) is 17.1. The second kappa shape index (κ2) is 8.40. The number of aromatic nitrogens is 3. The minimum Gasteiger partial charge on any atom is -0.298 e. The molecule has 1 unspecified atom stereocenters. The maximum atomic E-state index is 14.1. The van der Waals surface area contributed by atoms with Crippen LogP contribution in [0.25, 0.3) is 10.9 Å². The van der Waals surface area contributed by atoms with Gasteiger partial charge in [0.15, 0.2) is 6.19 Å². The number of hydrogen-bond donors (Lipinski definition) is 1. The van der Waals surface area contributed by atoms with Crippen LogP contribution in [0.2, 0.25) is 0 Å². The van der Waals surface area contributed by atoms with Crippen molar-refractivity contribution >= 4 is 16.8 Å². The van der Waals surface area contributed by atoms with Crippen molar-refractivity contribution in [3.8, 4) is 6.19 Å². The van der Waals surface area contributed by atoms with Crippen molar-refractivity contribution < 1.29 is 13.6 Å². The molecule has 9 heteroatoms. The normalized spacial score (nSPS) is 18.9. The Morgan fingerprint density at radius 2 is 2.19 bits per heavy atom. The van der Waals surface area contributed by atoms with E-state index in [1.165, 1.54) is 24.4 Å². The molecule has 0 aliphatic carbocycles. The first-order chi connectivity index (χ1) is 14.9. The number of amides is 1. The Hall–Kier alpha value is -3.38. The van der Waals surface area contributed by atoms with Crippen LogP contribution in [0.15, 0.2) is 36.7 Å². The van der Waals surface area contributed by atoms with Gasteiger partial charge in [-0.3, -0.25) is 24.7 Å². The average Bonchev–Trinajstić information content (AvgIpc) is 3.26. The molecule has 3 aromatic rings. The molecule has 0 saturated carbocycles. The highest BCUT2D eigenvalue weighted by molar-refractivity contribution is 5.96. The summed E-state index contributed by atoms with van der Waals surface area (Å²) < 4.78 is 29.9. The van der Waals surface area contributed by atoms with Crippen LogP contribution < -0.4 is 5.32 Å². The monoisotopic (exact) mass is 424 g/mol. The molecule has 7 nitrogen and oxygen atoms in total. The Labute approximate surface area is 178 Å². The number of nitrogens with one attached hydrogen (secondary N) is 1. The third-order valence-corrected chi connectivity index (χ3v) is 5.60. The van der Waals surface area contributed by atoms with E-state index in [0.717, 1.165) is 5.52 Å². The number of rotatable bonds is 6. The van der Waals surface area contributed by atoms with Gasteiger partial charge in [-0.2, -0.15) is 10.4 Å². The van der Waals surface area contributed by atoms with Crippen LogP contribution in [0.3, 0.4) is 0 Å². The van der Waals surface area contributed by atoms with E-state index in [-0.39, 0.29) is 12.2 Å². The highest BCUT2D eigenvalue weighted by atomic mass is 19.1. The Morgan fingerprint density at radius 1 is 1.35 bits per heavy atom. The summed E-state index contributed by atoms with van der Waals surface area (Å²) in [5.41, 5.74) is 1.10. The second-order valence-corrected chi connectivity index (χ2v) is 8.05. The molecule has 0 bridgehead atoms. The van der Waals surface area contributed by atoms with Crippen LogP contribution in [-0.2, 0) is 13.0 Å². The molecule has 1 N–H and O–H groups in total. The molecule has 1 atom stereocenters. The number of nitriles is 1. The molecule has 0 radical (unpaired) electrons. The molecule has 1 aliphatic heterocycles. The van der Waals surface area contributed by atoms with Gasteiger partial charge in [-0.1, -0.05) is 0 Å². The van der Waals surface area contributed by atoms with Gasteiger partial charge in [0, 0.05) is 49.4 Å². The highest BCUT2D eigenvalue weighted by Crippen LogP contribution is 2.26. The number of nitrogens with zero attached hydrogens (tertiary/aromatic N) is 5. The van der Waals surface area contributed by atoms with Gasteiger partial charge in [0.25, 0.3) is 5.91 Å². The van der Waals surface area contributed by atoms with E-state index in [2.05, 4.69) is 20.3 Å². The maximum absolute atomic E-state index is 14.1. The largest absolute Gasteiger partial charge is 0.298 e. The number of carbonyl (C=O) groups is 1. The molecule has 4 rings (SSSR count). The first-order valence-corrected chi connectivity index (χ1v) is 10.0. The van der Waals surface area contributed by atoms with E-state index >= 15 is 0 Å². The Balaban J connectivity index is 1.63. The number of fused-ring (bicyclic) bond motifs is 1. The number of carbonyl (C=O) groups excluding carboxylic acids is 1. The molecule has 1 fully saturated rings. The number of alkyl halides is 1. The van der Waals surface area contributed by atoms with Gasteiger partial charge in [0.1, 0.15) is 11.5 Å². The predicted molar refractivity (Wildman–Crippen MR) is 110 cm³/mol. The first-order valence-electron chi connectivity index (χ1n) is 10.0. The lowest BCUT2D eigenvalue weighted by Crippen LogP contribution is -2.29. The quantitative estimate of drug-likeness (QED) is 0.486. The summed E-state index contributed by atoms with van der Waals surface area (Å²) in [5.74, 6) is -0.909. The molecule has 160 valence electrons. The molecule has 1 amide bonds. The minimum atomic E-state index is -1.17. The number of halogens is 2. The average molecular weight is 424 g/mol. The summed E-state index contributed by atoms with van der Waals surface area (Å²) >= 11 is 0. The molecule has 1 aromatic carbocycles. The minimum absolute atomic E-state index is 0.251. The maximum Gasteiger partial charge on any atom is 0.264 e. The third kappa shape index (κ3) is 4.54. The summed E-state index contributed by atoms with van der Waals surface area (Å²) in [7, 11) is 0. The fraction of sp³-hybridized carbons (Fsp3) is 0.364. The van der Waals surface area contributed by atoms with E-state index < -0.39 is 11.6 Å².